The quantitative estimate of drug-likeness (QED) is 0.104. The lowest BCUT2D eigenvalue weighted by Gasteiger charge is -2.36. The third-order valence-corrected chi connectivity index (χ3v) is 20.1. The maximum Gasteiger partial charge on any atom is 0.191 e. The summed E-state index contributed by atoms with van der Waals surface area (Å²) in [7, 11) is -3.25. The van der Waals surface area contributed by atoms with Gasteiger partial charge in [-0.3, -0.25) is 9.80 Å². The number of benzene rings is 2. The lowest BCUT2D eigenvalue weighted by atomic mass is 10.1. The Hall–Kier alpha value is -1.41. The van der Waals surface area contributed by atoms with Gasteiger partial charge in [-0.25, -0.2) is 0 Å². The molecule has 3 rings (SSSR count). The van der Waals surface area contributed by atoms with Gasteiger partial charge >= 0.3 is 0 Å². The van der Waals surface area contributed by atoms with Crippen molar-refractivity contribution in [2.45, 2.75) is 142 Å². The molecule has 0 amide bonds. The predicted molar refractivity (Wildman–Crippen MR) is 220 cm³/mol. The maximum atomic E-state index is 10.4. The fraction of sp³-hybridized carbons (Fsp3) is 0.714. The molecule has 1 aliphatic heterocycles. The van der Waals surface area contributed by atoms with E-state index >= 15 is 0 Å². The summed E-state index contributed by atoms with van der Waals surface area (Å²) < 4.78 is 18.4. The van der Waals surface area contributed by atoms with Crippen molar-refractivity contribution < 1.29 is 23.8 Å². The molecule has 292 valence electrons. The van der Waals surface area contributed by atoms with Crippen LogP contribution < -0.4 is 0 Å². The van der Waals surface area contributed by atoms with Crippen LogP contribution in [0.3, 0.4) is 0 Å². The van der Waals surface area contributed by atoms with E-state index in [9.17, 15) is 10.2 Å². The molecule has 1 aliphatic rings. The highest BCUT2D eigenvalue weighted by Crippen LogP contribution is 2.37. The first kappa shape index (κ1) is 45.8. The van der Waals surface area contributed by atoms with Crippen molar-refractivity contribution in [2.24, 2.45) is 0 Å². The zero-order valence-electron chi connectivity index (χ0n) is 34.3. The lowest BCUT2D eigenvalue weighted by Crippen LogP contribution is -2.42. The molecule has 0 spiro atoms. The van der Waals surface area contributed by atoms with Gasteiger partial charge < -0.3 is 23.8 Å². The van der Waals surface area contributed by atoms with Crippen LogP contribution in [0.4, 0.5) is 0 Å². The number of unbranched alkanes of at least 4 members (excludes halogenated alkanes) is 2. The standard InChI is InChI=1S/C21H39NO3Si.C21H37NO2Si/c1-21(2,3)26(4,5)25-16-10-9-13-20(24)18-22(14-15-23)17-19-11-7-6-8-12-19;1-21(2,3)25(4,5)24-15-10-9-13-20-18-22(14-16-23-20)17-19-11-7-6-8-12-19/h6-8,11-12,20,23-24H,9-10,13-18H2,1-5H3;6-8,11-12,20H,9-10,13-18H2,1-5H3. The van der Waals surface area contributed by atoms with E-state index in [1.807, 2.05) is 18.2 Å². The number of rotatable bonds is 20. The van der Waals surface area contributed by atoms with Crippen LogP contribution in [0.15, 0.2) is 60.7 Å². The van der Waals surface area contributed by atoms with Crippen LogP contribution in [0.1, 0.15) is 91.2 Å². The van der Waals surface area contributed by atoms with Gasteiger partial charge in [-0.05, 0) is 85.9 Å². The Bertz CT molecular complexity index is 1170. The normalized spacial score (nSPS) is 16.9. The van der Waals surface area contributed by atoms with E-state index in [0.29, 0.717) is 24.2 Å². The highest BCUT2D eigenvalue weighted by atomic mass is 28.4. The van der Waals surface area contributed by atoms with Gasteiger partial charge in [-0.15, -0.1) is 0 Å². The van der Waals surface area contributed by atoms with Gasteiger partial charge in [0.25, 0.3) is 0 Å². The minimum absolute atomic E-state index is 0.111. The highest BCUT2D eigenvalue weighted by molar-refractivity contribution is 6.74. The molecule has 9 heteroatoms. The Balaban J connectivity index is 0.000000354. The number of hydrogen-bond donors (Lipinski definition) is 2. The van der Waals surface area contributed by atoms with E-state index in [1.54, 1.807) is 0 Å². The van der Waals surface area contributed by atoms with Gasteiger partial charge in [0.05, 0.1) is 25.4 Å². The van der Waals surface area contributed by atoms with E-state index in [2.05, 4.69) is 120 Å². The van der Waals surface area contributed by atoms with Gasteiger partial charge in [0.15, 0.2) is 16.6 Å². The molecule has 2 aromatic rings. The number of ether oxygens (including phenoxy) is 1. The molecule has 0 aliphatic carbocycles. The van der Waals surface area contributed by atoms with Crippen LogP contribution in [0.2, 0.25) is 36.3 Å². The molecule has 0 aromatic heterocycles. The fourth-order valence-corrected chi connectivity index (χ4v) is 7.77. The maximum absolute atomic E-state index is 10.4. The molecule has 1 fully saturated rings. The van der Waals surface area contributed by atoms with Crippen molar-refractivity contribution in [3.05, 3.63) is 71.8 Å². The first-order valence-corrected chi connectivity index (χ1v) is 25.5. The van der Waals surface area contributed by atoms with Gasteiger partial charge in [0, 0.05) is 52.5 Å². The average Bonchev–Trinajstić information content (AvgIpc) is 3.05. The summed E-state index contributed by atoms with van der Waals surface area (Å²) in [5.74, 6) is 0. The minimum Gasteiger partial charge on any atom is -0.417 e. The second-order valence-electron chi connectivity index (χ2n) is 17.5. The third kappa shape index (κ3) is 18.5. The Morgan fingerprint density at radius 3 is 1.86 bits per heavy atom. The molecule has 2 atom stereocenters. The summed E-state index contributed by atoms with van der Waals surface area (Å²) >= 11 is 0. The van der Waals surface area contributed by atoms with Gasteiger partial charge in [0.2, 0.25) is 0 Å². The molecule has 2 unspecified atom stereocenters. The van der Waals surface area contributed by atoms with E-state index in [-0.39, 0.29) is 17.7 Å². The highest BCUT2D eigenvalue weighted by Gasteiger charge is 2.37. The monoisotopic (exact) mass is 745 g/mol. The van der Waals surface area contributed by atoms with Crippen LogP contribution in [-0.4, -0.2) is 101 Å². The molecular weight excluding hydrogens is 669 g/mol. The van der Waals surface area contributed by atoms with E-state index in [4.69, 9.17) is 13.6 Å². The molecule has 7 nitrogen and oxygen atoms in total. The van der Waals surface area contributed by atoms with E-state index < -0.39 is 16.6 Å². The first-order valence-electron chi connectivity index (χ1n) is 19.6. The van der Waals surface area contributed by atoms with E-state index in [1.165, 1.54) is 17.5 Å². The summed E-state index contributed by atoms with van der Waals surface area (Å²) in [6, 6.07) is 20.9. The molecule has 0 bridgehead atoms. The SMILES string of the molecule is CC(C)(C)[Si](C)(C)OCCCCC(O)CN(CCO)Cc1ccccc1.CC(C)(C)[Si](C)(C)OCCCCC1CN(Cc2ccccc2)CCO1. The Kier molecular flexibility index (Phi) is 20.4. The minimum atomic E-state index is -1.66. The molecule has 0 saturated carbocycles. The summed E-state index contributed by atoms with van der Waals surface area (Å²) in [6.07, 6.45) is 6.23. The number of aliphatic hydroxyl groups excluding tert-OH is 2. The van der Waals surface area contributed by atoms with Crippen LogP contribution in [0.25, 0.3) is 0 Å². The molecule has 0 radical (unpaired) electrons. The smallest absolute Gasteiger partial charge is 0.191 e. The van der Waals surface area contributed by atoms with Crippen molar-refractivity contribution in [3.8, 4) is 0 Å². The predicted octanol–water partition coefficient (Wildman–Crippen LogP) is 9.11. The number of hydrogen-bond acceptors (Lipinski definition) is 7. The van der Waals surface area contributed by atoms with Crippen LogP contribution >= 0.6 is 0 Å². The van der Waals surface area contributed by atoms with Crippen molar-refractivity contribution >= 4 is 16.6 Å². The number of aliphatic hydroxyl groups is 2. The number of nitrogens with zero attached hydrogens (tertiary/aromatic N) is 2. The third-order valence-electron chi connectivity index (χ3n) is 11.0. The van der Waals surface area contributed by atoms with Crippen molar-refractivity contribution in [3.63, 3.8) is 0 Å². The van der Waals surface area contributed by atoms with Gasteiger partial charge in [-0.1, -0.05) is 102 Å². The number of morpholine rings is 1. The van der Waals surface area contributed by atoms with Crippen molar-refractivity contribution in [1.82, 2.24) is 9.80 Å². The van der Waals surface area contributed by atoms with Crippen molar-refractivity contribution in [2.75, 3.05) is 52.6 Å². The Labute approximate surface area is 315 Å². The van der Waals surface area contributed by atoms with Gasteiger partial charge in [-0.2, -0.15) is 0 Å². The fourth-order valence-electron chi connectivity index (χ4n) is 5.59. The topological polar surface area (TPSA) is 74.6 Å². The summed E-state index contributed by atoms with van der Waals surface area (Å²) in [4.78, 5) is 4.64. The zero-order chi connectivity index (χ0) is 38.0. The average molecular weight is 745 g/mol. The zero-order valence-corrected chi connectivity index (χ0v) is 36.3. The lowest BCUT2D eigenvalue weighted by molar-refractivity contribution is -0.0360. The second kappa shape index (κ2) is 22.7. The molecule has 51 heavy (non-hydrogen) atoms. The van der Waals surface area contributed by atoms with E-state index in [0.717, 1.165) is 78.1 Å². The molecule has 2 N–H and O–H groups in total. The summed E-state index contributed by atoms with van der Waals surface area (Å²) in [6.45, 7) is 30.6. The Morgan fingerprint density at radius 1 is 0.804 bits per heavy atom. The molecule has 1 saturated heterocycles. The molecular formula is C42H76N2O5Si2. The van der Waals surface area contributed by atoms with Crippen LogP contribution in [0, 0.1) is 0 Å². The van der Waals surface area contributed by atoms with Gasteiger partial charge in [0.1, 0.15) is 0 Å². The van der Waals surface area contributed by atoms with Crippen molar-refractivity contribution in [1.29, 1.82) is 0 Å². The Morgan fingerprint density at radius 2 is 1.33 bits per heavy atom. The second-order valence-corrected chi connectivity index (χ2v) is 27.1. The van der Waals surface area contributed by atoms with Crippen LogP contribution in [0.5, 0.6) is 0 Å². The first-order chi connectivity index (χ1) is 23.9. The molecule has 2 aromatic carbocycles. The summed E-state index contributed by atoms with van der Waals surface area (Å²) in [5.41, 5.74) is 2.60. The largest absolute Gasteiger partial charge is 0.417 e. The van der Waals surface area contributed by atoms with Crippen LogP contribution in [-0.2, 0) is 26.7 Å². The summed E-state index contributed by atoms with van der Waals surface area (Å²) in [5, 5.41) is 20.2. The molecule has 1 heterocycles.